The third kappa shape index (κ3) is 0.907. The van der Waals surface area contributed by atoms with E-state index in [2.05, 4.69) is 0 Å². The SMILES string of the molecule is N=c1cc(N)c(=O)[cH+]c1=O. The molecule has 0 aliphatic rings. The van der Waals surface area contributed by atoms with Crippen LogP contribution in [-0.4, -0.2) is 0 Å². The molecule has 0 fully saturated rings. The second-order valence-corrected chi connectivity index (χ2v) is 1.89. The van der Waals surface area contributed by atoms with Crippen LogP contribution in [0.2, 0.25) is 0 Å². The van der Waals surface area contributed by atoms with E-state index < -0.39 is 10.9 Å². The molecule has 1 aromatic carbocycles. The van der Waals surface area contributed by atoms with Crippen molar-refractivity contribution in [3.8, 4) is 0 Å². The van der Waals surface area contributed by atoms with E-state index in [4.69, 9.17) is 11.1 Å². The van der Waals surface area contributed by atoms with Crippen molar-refractivity contribution in [2.45, 2.75) is 0 Å². The van der Waals surface area contributed by atoms with Crippen LogP contribution in [-0.2, 0) is 0 Å². The van der Waals surface area contributed by atoms with Crippen molar-refractivity contribution in [3.05, 3.63) is 37.9 Å². The maximum Gasteiger partial charge on any atom is 0.314 e. The summed E-state index contributed by atoms with van der Waals surface area (Å²) in [5.74, 6) is 0. The second-order valence-electron chi connectivity index (χ2n) is 1.89. The molecule has 0 amide bonds. The van der Waals surface area contributed by atoms with E-state index >= 15 is 0 Å². The Labute approximate surface area is 55.8 Å². The van der Waals surface area contributed by atoms with E-state index in [1.54, 1.807) is 0 Å². The first kappa shape index (κ1) is 6.54. The molecule has 3 N–H and O–H groups in total. The number of rotatable bonds is 0. The molecule has 10 heavy (non-hydrogen) atoms. The van der Waals surface area contributed by atoms with Crippen molar-refractivity contribution in [2.75, 3.05) is 5.73 Å². The maximum absolute atomic E-state index is 10.6. The van der Waals surface area contributed by atoms with Gasteiger partial charge in [-0.15, -0.1) is 0 Å². The molecule has 0 heterocycles. The summed E-state index contributed by atoms with van der Waals surface area (Å²) < 4.78 is 0. The highest BCUT2D eigenvalue weighted by atomic mass is 16.1. The molecule has 0 saturated carbocycles. The smallest absolute Gasteiger partial charge is 0.314 e. The third-order valence-corrected chi connectivity index (χ3v) is 1.11. The standard InChI is InChI=1S/C6H5N2O2/c7-3-1-4(8)6(10)2-5(3)9/h1-2,7H,8H2/q+1. The molecule has 0 spiro atoms. The average Bonchev–Trinajstić information content (AvgIpc) is 1.84. The van der Waals surface area contributed by atoms with Crippen molar-refractivity contribution in [2.24, 2.45) is 0 Å². The lowest BCUT2D eigenvalue weighted by molar-refractivity contribution is 1.22. The Kier molecular flexibility index (Phi) is 1.30. The molecule has 50 valence electrons. The van der Waals surface area contributed by atoms with Crippen molar-refractivity contribution in [1.82, 2.24) is 0 Å². The van der Waals surface area contributed by atoms with Crippen LogP contribution in [0.25, 0.3) is 0 Å². The average molecular weight is 137 g/mol. The second kappa shape index (κ2) is 1.98. The number of hydrogen-bond acceptors (Lipinski definition) is 4. The summed E-state index contributed by atoms with van der Waals surface area (Å²) in [5, 5.41) is 6.69. The van der Waals surface area contributed by atoms with E-state index in [1.165, 1.54) is 0 Å². The number of benzene rings is 1. The fourth-order valence-corrected chi connectivity index (χ4v) is 0.578. The predicted octanol–water partition coefficient (Wildman–Crippen LogP) is -1.37. The van der Waals surface area contributed by atoms with Crippen molar-refractivity contribution < 1.29 is 0 Å². The van der Waals surface area contributed by atoms with E-state index in [0.717, 1.165) is 12.1 Å². The summed E-state index contributed by atoms with van der Waals surface area (Å²) in [6.45, 7) is 0. The van der Waals surface area contributed by atoms with Gasteiger partial charge in [0.25, 0.3) is 0 Å². The van der Waals surface area contributed by atoms with Gasteiger partial charge in [0.15, 0.2) is 5.69 Å². The molecule has 0 aliphatic heterocycles. The Morgan fingerprint density at radius 1 is 1.40 bits per heavy atom. The molecule has 0 aromatic heterocycles. The van der Waals surface area contributed by atoms with Crippen LogP contribution in [0.15, 0.2) is 21.7 Å². The first-order valence-electron chi connectivity index (χ1n) is 2.60. The van der Waals surface area contributed by atoms with Crippen LogP contribution in [0.3, 0.4) is 0 Å². The van der Waals surface area contributed by atoms with Gasteiger partial charge in [-0.25, -0.2) is 5.41 Å². The van der Waals surface area contributed by atoms with Crippen LogP contribution in [0.5, 0.6) is 0 Å². The molecule has 0 bridgehead atoms. The Balaban J connectivity index is 3.76. The molecule has 0 aliphatic carbocycles. The highest BCUT2D eigenvalue weighted by Crippen LogP contribution is 1.78. The molecule has 1 aromatic rings. The molecular formula is C6H5N2O2+. The lowest BCUT2D eigenvalue weighted by Gasteiger charge is -1.74. The fraction of sp³-hybridized carbons (Fsp3) is 0. The topological polar surface area (TPSA) is 84.0 Å². The number of nitrogens with two attached hydrogens (primary N) is 1. The molecule has 4 nitrogen and oxygen atoms in total. The van der Waals surface area contributed by atoms with Crippen LogP contribution in [0, 0.1) is 5.41 Å². The van der Waals surface area contributed by atoms with Gasteiger partial charge in [-0.05, 0) is 0 Å². The number of nitrogens with one attached hydrogen (secondary N) is 1. The van der Waals surface area contributed by atoms with Crippen LogP contribution >= 0.6 is 0 Å². The van der Waals surface area contributed by atoms with Gasteiger partial charge < -0.3 is 5.73 Å². The van der Waals surface area contributed by atoms with E-state index in [-0.39, 0.29) is 11.0 Å². The minimum absolute atomic E-state index is 0.0513. The van der Waals surface area contributed by atoms with E-state index in [9.17, 15) is 9.59 Å². The summed E-state index contributed by atoms with van der Waals surface area (Å²) in [6, 6.07) is 1.88. The molecule has 0 atom stereocenters. The molecule has 4 heteroatoms. The molecule has 0 radical (unpaired) electrons. The zero-order valence-electron chi connectivity index (χ0n) is 5.05. The Morgan fingerprint density at radius 3 is 2.50 bits per heavy atom. The lowest BCUT2D eigenvalue weighted by Crippen LogP contribution is -2.28. The molecular weight excluding hydrogens is 132 g/mol. The number of nitrogen functional groups attached to an aromatic ring is 1. The summed E-state index contributed by atoms with van der Waals surface area (Å²) >= 11 is 0. The van der Waals surface area contributed by atoms with Crippen LogP contribution < -0.4 is 21.9 Å². The van der Waals surface area contributed by atoms with Crippen molar-refractivity contribution in [1.29, 1.82) is 5.41 Å². The summed E-state index contributed by atoms with van der Waals surface area (Å²) in [5.41, 5.74) is 3.97. The number of anilines is 1. The minimum Gasteiger partial charge on any atom is -0.344 e. The lowest BCUT2D eigenvalue weighted by atomic mass is 10.3. The first-order chi connectivity index (χ1) is 4.61. The third-order valence-electron chi connectivity index (χ3n) is 1.11. The predicted molar refractivity (Wildman–Crippen MR) is 36.0 cm³/mol. The number of hydrogen-bond donors (Lipinski definition) is 2. The summed E-state index contributed by atoms with van der Waals surface area (Å²) in [4.78, 5) is 21.1. The van der Waals surface area contributed by atoms with Gasteiger partial charge in [-0.3, -0.25) is 9.59 Å². The van der Waals surface area contributed by atoms with Gasteiger partial charge >= 0.3 is 10.9 Å². The Bertz CT molecular complexity index is 393. The maximum atomic E-state index is 10.6. The van der Waals surface area contributed by atoms with Gasteiger partial charge in [0.05, 0.1) is 0 Å². The highest BCUT2D eigenvalue weighted by molar-refractivity contribution is 5.35. The summed E-state index contributed by atoms with van der Waals surface area (Å²) in [6.07, 6.45) is 0. The minimum atomic E-state index is -0.584. The van der Waals surface area contributed by atoms with Gasteiger partial charge in [0.2, 0.25) is 5.36 Å². The molecule has 0 unspecified atom stereocenters. The van der Waals surface area contributed by atoms with Gasteiger partial charge in [0, 0.05) is 0 Å². The van der Waals surface area contributed by atoms with Gasteiger partial charge in [-0.2, -0.15) is 0 Å². The van der Waals surface area contributed by atoms with Crippen molar-refractivity contribution in [3.63, 3.8) is 0 Å². The van der Waals surface area contributed by atoms with Gasteiger partial charge in [-0.1, -0.05) is 0 Å². The molecule has 1 rings (SSSR count). The van der Waals surface area contributed by atoms with Crippen LogP contribution in [0.4, 0.5) is 5.69 Å². The van der Waals surface area contributed by atoms with E-state index in [0.29, 0.717) is 0 Å². The quantitative estimate of drug-likeness (QED) is 0.341. The normalized spacial score (nSPS) is 9.60. The van der Waals surface area contributed by atoms with E-state index in [1.807, 2.05) is 0 Å². The van der Waals surface area contributed by atoms with Crippen molar-refractivity contribution >= 4 is 5.69 Å². The largest absolute Gasteiger partial charge is 0.344 e. The van der Waals surface area contributed by atoms with Crippen LogP contribution in [0.1, 0.15) is 0 Å². The Morgan fingerprint density at radius 2 is 2.00 bits per heavy atom. The zero-order valence-corrected chi connectivity index (χ0v) is 5.05. The highest BCUT2D eigenvalue weighted by Gasteiger charge is 2.05. The summed E-state index contributed by atoms with van der Waals surface area (Å²) in [7, 11) is 0. The monoisotopic (exact) mass is 137 g/mol. The fourth-order valence-electron chi connectivity index (χ4n) is 0.578. The zero-order chi connectivity index (χ0) is 7.72. The molecule has 0 saturated heterocycles. The Hall–Kier alpha value is -1.58. The van der Waals surface area contributed by atoms with Gasteiger partial charge in [0.1, 0.15) is 12.1 Å². The first-order valence-corrected chi connectivity index (χ1v) is 2.60.